The van der Waals surface area contributed by atoms with Crippen molar-refractivity contribution in [2.24, 2.45) is 0 Å². The van der Waals surface area contributed by atoms with Crippen molar-refractivity contribution in [3.05, 3.63) is 74.8 Å². The minimum Gasteiger partial charge on any atom is -0.258 e. The van der Waals surface area contributed by atoms with Gasteiger partial charge in [0.05, 0.1) is 15.4 Å². The summed E-state index contributed by atoms with van der Waals surface area (Å²) in [5, 5.41) is 10.8. The highest BCUT2D eigenvalue weighted by Gasteiger charge is 2.30. The van der Waals surface area contributed by atoms with Gasteiger partial charge >= 0.3 is 6.15 Å². The van der Waals surface area contributed by atoms with Crippen LogP contribution in [0.2, 0.25) is 0 Å². The maximum Gasteiger partial charge on any atom is 0.373 e. The van der Waals surface area contributed by atoms with Crippen LogP contribution in [0.15, 0.2) is 52.9 Å². The molecule has 1 aliphatic carbocycles. The van der Waals surface area contributed by atoms with Crippen molar-refractivity contribution < 1.29 is 22.9 Å². The topological polar surface area (TPSA) is 123 Å². The summed E-state index contributed by atoms with van der Waals surface area (Å²) in [4.78, 5) is 26.5. The van der Waals surface area contributed by atoms with E-state index in [9.17, 15) is 18.5 Å². The van der Waals surface area contributed by atoms with Gasteiger partial charge in [0.2, 0.25) is 10.0 Å². The van der Waals surface area contributed by atoms with Crippen molar-refractivity contribution in [3.63, 3.8) is 0 Å². The fourth-order valence-corrected chi connectivity index (χ4v) is 5.12. The molecule has 0 spiro atoms. The molecule has 0 unspecified atom stereocenters. The predicted octanol–water partition coefficient (Wildman–Crippen LogP) is 3.96. The number of allylic oxidation sites excluding steroid dienone is 2. The summed E-state index contributed by atoms with van der Waals surface area (Å²) in [5.41, 5.74) is 5.03. The zero-order chi connectivity index (χ0) is 23.4. The zero-order valence-electron chi connectivity index (χ0n) is 17.8. The van der Waals surface area contributed by atoms with E-state index < -0.39 is 20.5 Å². The van der Waals surface area contributed by atoms with E-state index in [2.05, 4.69) is 30.7 Å². The normalized spacial score (nSPS) is 13.2. The Morgan fingerprint density at radius 3 is 2.23 bits per heavy atom. The molecule has 0 radical (unpaired) electrons. The quantitative estimate of drug-likeness (QED) is 0.531. The van der Waals surface area contributed by atoms with Crippen molar-refractivity contribution in [2.75, 3.05) is 0 Å². The molecule has 0 aliphatic heterocycles. The molecule has 0 aromatic heterocycles. The zero-order valence-corrected chi connectivity index (χ0v) is 18.6. The number of nitrogens with zero attached hydrogens (tertiary/aromatic N) is 1. The number of carbonyl (C=O) groups excluding carboxylic acids is 2. The molecule has 0 atom stereocenters. The first-order chi connectivity index (χ1) is 14.5. The van der Waals surface area contributed by atoms with Gasteiger partial charge in [-0.05, 0) is 74.1 Å². The molecule has 0 saturated heterocycles. The van der Waals surface area contributed by atoms with Gasteiger partial charge in [-0.15, -0.1) is 0 Å². The lowest BCUT2D eigenvalue weighted by atomic mass is 9.91. The molecule has 9 heteroatoms. The monoisotopic (exact) mass is 444 g/mol. The van der Waals surface area contributed by atoms with Gasteiger partial charge in [0.15, 0.2) is 0 Å². The highest BCUT2D eigenvalue weighted by molar-refractivity contribution is 7.89. The van der Waals surface area contributed by atoms with E-state index in [-0.39, 0.29) is 16.7 Å². The van der Waals surface area contributed by atoms with E-state index in [1.165, 1.54) is 46.5 Å². The fourth-order valence-electron chi connectivity index (χ4n) is 3.72. The van der Waals surface area contributed by atoms with Gasteiger partial charge in [-0.25, -0.2) is 13.1 Å². The number of fused-ring (bicyclic) bond motifs is 1. The molecule has 0 amide bonds. The minimum atomic E-state index is -3.84. The number of rotatable bonds is 6. The lowest BCUT2D eigenvalue weighted by Crippen LogP contribution is -2.41. The highest BCUT2D eigenvalue weighted by Crippen LogP contribution is 2.37. The average molecular weight is 445 g/mol. The van der Waals surface area contributed by atoms with Gasteiger partial charge in [0, 0.05) is 12.1 Å². The molecule has 1 N–H and O–H groups in total. The first-order valence-corrected chi connectivity index (χ1v) is 11.0. The summed E-state index contributed by atoms with van der Waals surface area (Å²) in [6.07, 6.45) is 2.13. The van der Waals surface area contributed by atoms with E-state index >= 15 is 0 Å². The second kappa shape index (κ2) is 9.34. The summed E-state index contributed by atoms with van der Waals surface area (Å²) in [7, 11) is -3.84. The molecular formula is C22H24N2O6S. The minimum absolute atomic E-state index is 0.00248. The summed E-state index contributed by atoms with van der Waals surface area (Å²) in [6.45, 7) is 7.90. The van der Waals surface area contributed by atoms with Crippen LogP contribution in [-0.4, -0.2) is 19.5 Å². The van der Waals surface area contributed by atoms with Crippen LogP contribution in [0.4, 0.5) is 5.69 Å². The number of non-ortho nitro benzene ring substituents is 1. The van der Waals surface area contributed by atoms with Gasteiger partial charge < -0.3 is 0 Å². The third-order valence-electron chi connectivity index (χ3n) is 5.23. The van der Waals surface area contributed by atoms with Crippen molar-refractivity contribution >= 4 is 27.4 Å². The Morgan fingerprint density at radius 1 is 1.13 bits per heavy atom. The van der Waals surface area contributed by atoms with Crippen LogP contribution in [-0.2, 0) is 31.6 Å². The molecule has 31 heavy (non-hydrogen) atoms. The van der Waals surface area contributed by atoms with E-state index in [1.54, 1.807) is 0 Å². The molecule has 0 heterocycles. The summed E-state index contributed by atoms with van der Waals surface area (Å²) in [6, 6.07) is 11.0. The Balaban J connectivity index is 0.00000107. The Labute approximate surface area is 181 Å². The molecular weight excluding hydrogens is 420 g/mol. The van der Waals surface area contributed by atoms with E-state index in [0.29, 0.717) is 0 Å². The Morgan fingerprint density at radius 2 is 1.71 bits per heavy atom. The van der Waals surface area contributed by atoms with E-state index in [4.69, 9.17) is 9.59 Å². The molecule has 0 fully saturated rings. The third kappa shape index (κ3) is 5.32. The molecule has 8 nitrogen and oxygen atoms in total. The summed E-state index contributed by atoms with van der Waals surface area (Å²) < 4.78 is 28.4. The van der Waals surface area contributed by atoms with Crippen LogP contribution in [0.25, 0.3) is 5.57 Å². The van der Waals surface area contributed by atoms with Crippen molar-refractivity contribution in [1.29, 1.82) is 0 Å². The number of benzene rings is 2. The van der Waals surface area contributed by atoms with Crippen LogP contribution >= 0.6 is 0 Å². The number of hydrogen-bond donors (Lipinski definition) is 1. The average Bonchev–Trinajstić information content (AvgIpc) is 3.02. The van der Waals surface area contributed by atoms with Crippen LogP contribution in [0, 0.1) is 10.1 Å². The Kier molecular flexibility index (Phi) is 7.28. The van der Waals surface area contributed by atoms with Gasteiger partial charge in [0.1, 0.15) is 0 Å². The maximum atomic E-state index is 12.8. The van der Waals surface area contributed by atoms with Crippen LogP contribution < -0.4 is 4.72 Å². The van der Waals surface area contributed by atoms with Crippen LogP contribution in [0.5, 0.6) is 0 Å². The van der Waals surface area contributed by atoms with Gasteiger partial charge in [-0.3, -0.25) is 10.1 Å². The third-order valence-corrected chi connectivity index (χ3v) is 6.90. The molecule has 3 rings (SSSR count). The van der Waals surface area contributed by atoms with E-state index in [0.717, 1.165) is 18.4 Å². The van der Waals surface area contributed by atoms with Crippen molar-refractivity contribution in [1.82, 2.24) is 4.72 Å². The Bertz CT molecular complexity index is 1160. The second-order valence-corrected chi connectivity index (χ2v) is 9.41. The molecule has 0 saturated carbocycles. The number of nitro benzene ring substituents is 1. The maximum absolute atomic E-state index is 12.8. The standard InChI is InChI=1S/C21H24N2O4S.CO2/c1-5-19-14(2)12-15-6-7-16(13-20(15)19)21(3,4)22-28(26,27)18-10-8-17(9-11-18)23(24)25;2-1-3/h6-11,13,22H,5,12H2,1-4H3;. The van der Waals surface area contributed by atoms with Crippen LogP contribution in [0.3, 0.4) is 0 Å². The fraction of sp³-hybridized carbons (Fsp3) is 0.318. The van der Waals surface area contributed by atoms with Gasteiger partial charge in [-0.2, -0.15) is 9.59 Å². The predicted molar refractivity (Wildman–Crippen MR) is 114 cm³/mol. The number of nitro groups is 1. The van der Waals surface area contributed by atoms with Gasteiger partial charge in [-0.1, -0.05) is 24.6 Å². The van der Waals surface area contributed by atoms with Crippen LogP contribution in [0.1, 0.15) is 50.8 Å². The summed E-state index contributed by atoms with van der Waals surface area (Å²) in [5.74, 6) is 0. The van der Waals surface area contributed by atoms with E-state index in [1.807, 2.05) is 19.9 Å². The Hall–Kier alpha value is -3.13. The molecule has 0 bridgehead atoms. The lowest BCUT2D eigenvalue weighted by Gasteiger charge is -2.27. The number of nitrogens with one attached hydrogen (secondary N) is 1. The lowest BCUT2D eigenvalue weighted by molar-refractivity contribution is -0.384. The summed E-state index contributed by atoms with van der Waals surface area (Å²) >= 11 is 0. The van der Waals surface area contributed by atoms with Gasteiger partial charge in [0.25, 0.3) is 5.69 Å². The number of hydrogen-bond acceptors (Lipinski definition) is 6. The largest absolute Gasteiger partial charge is 0.373 e. The highest BCUT2D eigenvalue weighted by atomic mass is 32.2. The van der Waals surface area contributed by atoms with Crippen molar-refractivity contribution in [2.45, 2.75) is 51.0 Å². The molecule has 164 valence electrons. The van der Waals surface area contributed by atoms with Crippen molar-refractivity contribution in [3.8, 4) is 0 Å². The first-order valence-electron chi connectivity index (χ1n) is 9.57. The second-order valence-electron chi connectivity index (χ2n) is 7.73. The molecule has 2 aromatic rings. The molecule has 1 aliphatic rings. The number of sulfonamides is 1. The first kappa shape index (κ1) is 24.1. The smallest absolute Gasteiger partial charge is 0.258 e. The molecule has 2 aromatic carbocycles. The SMILES string of the molecule is CCC1=C(C)Cc2ccc(C(C)(C)NS(=O)(=O)c3ccc([N+](=O)[O-])cc3)cc21.O=C=O.